The van der Waals surface area contributed by atoms with Crippen LogP contribution in [0.3, 0.4) is 0 Å². The molecule has 0 aromatic heterocycles. The number of hydrogen-bond donors (Lipinski definition) is 5. The van der Waals surface area contributed by atoms with E-state index in [0.29, 0.717) is 19.4 Å². The summed E-state index contributed by atoms with van der Waals surface area (Å²) in [5.74, 6) is -1.91. The molecule has 7 nitrogen and oxygen atoms in total. The number of carbonyl (C=O) groups excluding carboxylic acids is 1. The maximum Gasteiger partial charge on any atom is 0.451 e. The first-order chi connectivity index (χ1) is 8.86. The van der Waals surface area contributed by atoms with Crippen molar-refractivity contribution in [1.29, 1.82) is 0 Å². The average Bonchev–Trinajstić information content (AvgIpc) is 2.79. The average molecular weight is 270 g/mol. The van der Waals surface area contributed by atoms with E-state index in [2.05, 4.69) is 5.32 Å². The summed E-state index contributed by atoms with van der Waals surface area (Å²) in [5.41, 5.74) is 4.63. The van der Waals surface area contributed by atoms with Gasteiger partial charge in [0.15, 0.2) is 0 Å². The third kappa shape index (κ3) is 2.47. The van der Waals surface area contributed by atoms with E-state index in [1.165, 1.54) is 0 Å². The molecule has 1 saturated heterocycles. The highest BCUT2D eigenvalue weighted by atomic mass is 16.4. The third-order valence-electron chi connectivity index (χ3n) is 4.48. The fourth-order valence-corrected chi connectivity index (χ4v) is 3.49. The van der Waals surface area contributed by atoms with E-state index in [4.69, 9.17) is 15.8 Å². The minimum Gasteiger partial charge on any atom is -0.480 e. The lowest BCUT2D eigenvalue weighted by Crippen LogP contribution is -2.53. The minimum atomic E-state index is -1.39. The molecule has 1 heterocycles. The predicted molar refractivity (Wildman–Crippen MR) is 66.9 cm³/mol. The molecule has 106 valence electrons. The molecule has 19 heavy (non-hydrogen) atoms. The van der Waals surface area contributed by atoms with Gasteiger partial charge < -0.3 is 26.2 Å². The largest absolute Gasteiger partial charge is 0.480 e. The third-order valence-corrected chi connectivity index (χ3v) is 4.48. The highest BCUT2D eigenvalue weighted by Gasteiger charge is 2.59. The zero-order chi connectivity index (χ0) is 14.2. The van der Waals surface area contributed by atoms with Crippen molar-refractivity contribution in [2.45, 2.75) is 31.1 Å². The number of hydrogen-bond acceptors (Lipinski definition) is 5. The highest BCUT2D eigenvalue weighted by Crippen LogP contribution is 2.47. The number of nitrogens with one attached hydrogen (secondary N) is 1. The van der Waals surface area contributed by atoms with Gasteiger partial charge in [0.2, 0.25) is 5.91 Å². The molecule has 0 bridgehead atoms. The van der Waals surface area contributed by atoms with Crippen molar-refractivity contribution in [3.05, 3.63) is 0 Å². The second-order valence-corrected chi connectivity index (χ2v) is 5.58. The van der Waals surface area contributed by atoms with Gasteiger partial charge in [-0.2, -0.15) is 0 Å². The molecule has 4 unspecified atom stereocenters. The van der Waals surface area contributed by atoms with E-state index in [0.717, 1.165) is 0 Å². The number of nitrogens with two attached hydrogens (primary N) is 1. The Labute approximate surface area is 111 Å². The summed E-state index contributed by atoms with van der Waals surface area (Å²) in [6, 6.07) is 0. The van der Waals surface area contributed by atoms with Gasteiger partial charge in [-0.25, -0.2) is 0 Å². The Balaban J connectivity index is 2.11. The van der Waals surface area contributed by atoms with Gasteiger partial charge in [-0.05, 0) is 31.0 Å². The fourth-order valence-electron chi connectivity index (χ4n) is 3.49. The highest BCUT2D eigenvalue weighted by molar-refractivity contribution is 6.40. The molecule has 2 aliphatic rings. The molecule has 4 atom stereocenters. The topological polar surface area (TPSA) is 133 Å². The van der Waals surface area contributed by atoms with E-state index in [9.17, 15) is 14.7 Å². The van der Waals surface area contributed by atoms with Crippen LogP contribution in [0.1, 0.15) is 19.3 Å². The molecule has 2 fully saturated rings. The molecule has 2 rings (SSSR count). The Kier molecular flexibility index (Phi) is 3.84. The quantitative estimate of drug-likeness (QED) is 0.382. The summed E-state index contributed by atoms with van der Waals surface area (Å²) in [5, 5.41) is 29.8. The monoisotopic (exact) mass is 270 g/mol. The zero-order valence-corrected chi connectivity index (χ0v) is 10.6. The van der Waals surface area contributed by atoms with E-state index in [1.807, 2.05) is 0 Å². The van der Waals surface area contributed by atoms with Crippen LogP contribution in [0.4, 0.5) is 0 Å². The molecule has 6 N–H and O–H groups in total. The summed E-state index contributed by atoms with van der Waals surface area (Å²) < 4.78 is 0. The maximum absolute atomic E-state index is 11.7. The Bertz CT molecular complexity index is 391. The molecule has 8 heteroatoms. The van der Waals surface area contributed by atoms with Crippen LogP contribution in [0.5, 0.6) is 0 Å². The van der Waals surface area contributed by atoms with Crippen molar-refractivity contribution in [1.82, 2.24) is 5.32 Å². The SMILES string of the molecule is NC1(C(=O)O)CC2C(=O)NCC2C1CCCB(O)O. The molecule has 0 spiro atoms. The smallest absolute Gasteiger partial charge is 0.451 e. The minimum absolute atomic E-state index is 0.0653. The summed E-state index contributed by atoms with van der Waals surface area (Å²) in [7, 11) is -1.39. The van der Waals surface area contributed by atoms with Crippen molar-refractivity contribution in [2.24, 2.45) is 23.5 Å². The van der Waals surface area contributed by atoms with Crippen LogP contribution in [-0.4, -0.2) is 46.2 Å². The molecule has 0 aromatic rings. The molecule has 1 aliphatic heterocycles. The second-order valence-electron chi connectivity index (χ2n) is 5.58. The van der Waals surface area contributed by atoms with Crippen molar-refractivity contribution in [3.8, 4) is 0 Å². The number of aliphatic carboxylic acids is 1. The maximum atomic E-state index is 11.7. The van der Waals surface area contributed by atoms with E-state index < -0.39 is 18.6 Å². The molecule has 1 amide bonds. The summed E-state index contributed by atoms with van der Waals surface area (Å²) in [6.07, 6.45) is 1.30. The van der Waals surface area contributed by atoms with Crippen molar-refractivity contribution in [3.63, 3.8) is 0 Å². The van der Waals surface area contributed by atoms with Gasteiger partial charge in [0.25, 0.3) is 0 Å². The first kappa shape index (κ1) is 14.3. The lowest BCUT2D eigenvalue weighted by Gasteiger charge is -2.29. The van der Waals surface area contributed by atoms with Gasteiger partial charge in [-0.1, -0.05) is 6.42 Å². The van der Waals surface area contributed by atoms with Crippen LogP contribution in [-0.2, 0) is 9.59 Å². The first-order valence-electron chi connectivity index (χ1n) is 6.52. The van der Waals surface area contributed by atoms with Crippen molar-refractivity contribution < 1.29 is 24.7 Å². The Morgan fingerprint density at radius 1 is 1.53 bits per heavy atom. The van der Waals surface area contributed by atoms with Crippen molar-refractivity contribution in [2.75, 3.05) is 6.54 Å². The lowest BCUT2D eigenvalue weighted by atomic mass is 9.76. The summed E-state index contributed by atoms with van der Waals surface area (Å²) in [6.45, 7) is 0.460. The van der Waals surface area contributed by atoms with Crippen LogP contribution in [0.15, 0.2) is 0 Å². The Morgan fingerprint density at radius 3 is 2.79 bits per heavy atom. The van der Waals surface area contributed by atoms with Crippen molar-refractivity contribution >= 4 is 19.0 Å². The lowest BCUT2D eigenvalue weighted by molar-refractivity contribution is -0.145. The summed E-state index contributed by atoms with van der Waals surface area (Å²) >= 11 is 0. The van der Waals surface area contributed by atoms with Gasteiger partial charge >= 0.3 is 13.1 Å². The molecule has 0 radical (unpaired) electrons. The number of fused-ring (bicyclic) bond motifs is 1. The van der Waals surface area contributed by atoms with Gasteiger partial charge in [0.05, 0.1) is 0 Å². The predicted octanol–water partition coefficient (Wildman–Crippen LogP) is -1.60. The number of rotatable bonds is 5. The zero-order valence-electron chi connectivity index (χ0n) is 10.6. The Hall–Kier alpha value is -1.12. The van der Waals surface area contributed by atoms with Crippen LogP contribution in [0, 0.1) is 17.8 Å². The second kappa shape index (κ2) is 5.11. The normalized spacial score (nSPS) is 37.0. The molecule has 0 aromatic carbocycles. The number of amides is 1. The van der Waals surface area contributed by atoms with E-state index in [1.54, 1.807) is 0 Å². The van der Waals surface area contributed by atoms with Crippen LogP contribution >= 0.6 is 0 Å². The van der Waals surface area contributed by atoms with Gasteiger partial charge in [0.1, 0.15) is 5.54 Å². The van der Waals surface area contributed by atoms with E-state index >= 15 is 0 Å². The molecular weight excluding hydrogens is 251 g/mol. The number of carboxylic acid groups (broad SMARTS) is 1. The van der Waals surface area contributed by atoms with Crippen LogP contribution in [0.25, 0.3) is 0 Å². The van der Waals surface area contributed by atoms with Gasteiger partial charge in [-0.15, -0.1) is 0 Å². The van der Waals surface area contributed by atoms with Crippen LogP contribution < -0.4 is 11.1 Å². The first-order valence-corrected chi connectivity index (χ1v) is 6.52. The number of carboxylic acids is 1. The van der Waals surface area contributed by atoms with Crippen LogP contribution in [0.2, 0.25) is 6.32 Å². The van der Waals surface area contributed by atoms with E-state index in [-0.39, 0.29) is 36.4 Å². The van der Waals surface area contributed by atoms with Gasteiger partial charge in [-0.3, -0.25) is 9.59 Å². The standard InChI is InChI=1S/C11H19BN2O5/c13-11(10(16)17)4-6-7(5-14-9(6)15)8(11)2-1-3-12(18)19/h6-8,18-19H,1-5,13H2,(H,14,15)(H,16,17). The fraction of sp³-hybridized carbons (Fsp3) is 0.818. The molecule has 1 saturated carbocycles. The summed E-state index contributed by atoms with van der Waals surface area (Å²) in [4.78, 5) is 23.1. The molecule has 1 aliphatic carbocycles. The number of carbonyl (C=O) groups is 2. The Morgan fingerprint density at radius 2 is 2.21 bits per heavy atom. The van der Waals surface area contributed by atoms with Gasteiger partial charge in [0, 0.05) is 12.5 Å². The molecular formula is C11H19BN2O5.